The maximum absolute atomic E-state index is 13.6. The predicted octanol–water partition coefficient (Wildman–Crippen LogP) is 2.64. The van der Waals surface area contributed by atoms with E-state index in [0.29, 0.717) is 12.1 Å². The van der Waals surface area contributed by atoms with Crippen LogP contribution < -0.4 is 10.5 Å². The lowest BCUT2D eigenvalue weighted by Gasteiger charge is -2.28. The van der Waals surface area contributed by atoms with Crippen molar-refractivity contribution in [2.45, 2.75) is 32.8 Å². The fourth-order valence-corrected chi connectivity index (χ4v) is 1.22. The predicted molar refractivity (Wildman–Crippen MR) is 59.5 cm³/mol. The van der Waals surface area contributed by atoms with E-state index in [1.807, 2.05) is 13.8 Å². The van der Waals surface area contributed by atoms with E-state index < -0.39 is 5.60 Å². The Morgan fingerprint density at radius 1 is 1.47 bits per heavy atom. The lowest BCUT2D eigenvalue weighted by atomic mass is 10.0. The minimum Gasteiger partial charge on any atom is -0.483 e. The molecule has 0 fully saturated rings. The highest BCUT2D eigenvalue weighted by molar-refractivity contribution is 5.30. The van der Waals surface area contributed by atoms with Gasteiger partial charge in [-0.15, -0.1) is 0 Å². The van der Waals surface area contributed by atoms with Crippen LogP contribution in [-0.2, 0) is 0 Å². The molecular formula is C12H18FNO. The highest BCUT2D eigenvalue weighted by Gasteiger charge is 2.23. The Balaban J connectivity index is 2.94. The quantitative estimate of drug-likeness (QED) is 0.831. The first-order valence-corrected chi connectivity index (χ1v) is 5.16. The Hall–Kier alpha value is -1.09. The van der Waals surface area contributed by atoms with Crippen LogP contribution >= 0.6 is 0 Å². The van der Waals surface area contributed by atoms with Gasteiger partial charge in [0.25, 0.3) is 0 Å². The van der Waals surface area contributed by atoms with Crippen molar-refractivity contribution in [2.75, 3.05) is 6.54 Å². The molecule has 2 nitrogen and oxygen atoms in total. The normalized spacial score (nSPS) is 14.7. The molecule has 2 N–H and O–H groups in total. The van der Waals surface area contributed by atoms with Crippen LogP contribution in [0.2, 0.25) is 0 Å². The minimum atomic E-state index is -0.491. The number of hydrogen-bond acceptors (Lipinski definition) is 2. The molecule has 1 atom stereocenters. The summed E-state index contributed by atoms with van der Waals surface area (Å²) in [7, 11) is 0. The first-order valence-electron chi connectivity index (χ1n) is 5.16. The van der Waals surface area contributed by atoms with E-state index in [0.717, 1.165) is 6.42 Å². The summed E-state index contributed by atoms with van der Waals surface area (Å²) in [5, 5.41) is 0. The van der Waals surface area contributed by atoms with Gasteiger partial charge < -0.3 is 10.5 Å². The standard InChI is InChI=1S/C12H18FNO/c1-4-12(3,8-14)15-10-7-5-6-9(2)11(10)13/h5-7H,4,8,14H2,1-3H3. The maximum Gasteiger partial charge on any atom is 0.167 e. The average Bonchev–Trinajstić information content (AvgIpc) is 2.25. The van der Waals surface area contributed by atoms with Crippen molar-refractivity contribution in [3.63, 3.8) is 0 Å². The van der Waals surface area contributed by atoms with Crippen molar-refractivity contribution in [2.24, 2.45) is 5.73 Å². The lowest BCUT2D eigenvalue weighted by Crippen LogP contribution is -2.40. The molecular weight excluding hydrogens is 193 g/mol. The monoisotopic (exact) mass is 211 g/mol. The topological polar surface area (TPSA) is 35.2 Å². The summed E-state index contributed by atoms with van der Waals surface area (Å²) in [6, 6.07) is 5.13. The van der Waals surface area contributed by atoms with E-state index in [-0.39, 0.29) is 11.6 Å². The van der Waals surface area contributed by atoms with E-state index in [9.17, 15) is 4.39 Å². The van der Waals surface area contributed by atoms with Crippen LogP contribution in [0.5, 0.6) is 5.75 Å². The van der Waals surface area contributed by atoms with Gasteiger partial charge in [-0.25, -0.2) is 4.39 Å². The van der Waals surface area contributed by atoms with Crippen molar-refractivity contribution in [1.82, 2.24) is 0 Å². The van der Waals surface area contributed by atoms with Crippen molar-refractivity contribution in [3.05, 3.63) is 29.6 Å². The molecule has 0 aliphatic heterocycles. The molecule has 0 spiro atoms. The van der Waals surface area contributed by atoms with Crippen LogP contribution in [0, 0.1) is 12.7 Å². The highest BCUT2D eigenvalue weighted by Crippen LogP contribution is 2.25. The smallest absolute Gasteiger partial charge is 0.167 e. The van der Waals surface area contributed by atoms with Crippen molar-refractivity contribution in [3.8, 4) is 5.75 Å². The minimum absolute atomic E-state index is 0.282. The molecule has 1 aromatic carbocycles. The second-order valence-electron chi connectivity index (χ2n) is 4.00. The molecule has 0 aromatic heterocycles. The van der Waals surface area contributed by atoms with Crippen molar-refractivity contribution < 1.29 is 9.13 Å². The van der Waals surface area contributed by atoms with Crippen LogP contribution in [0.1, 0.15) is 25.8 Å². The number of ether oxygens (including phenoxy) is 1. The molecule has 0 amide bonds. The molecule has 1 rings (SSSR count). The summed E-state index contributed by atoms with van der Waals surface area (Å²) in [5.74, 6) is -0.0181. The van der Waals surface area contributed by atoms with Gasteiger partial charge in [-0.3, -0.25) is 0 Å². The van der Waals surface area contributed by atoms with Gasteiger partial charge in [0.1, 0.15) is 5.60 Å². The van der Waals surface area contributed by atoms with Crippen LogP contribution in [0.25, 0.3) is 0 Å². The van der Waals surface area contributed by atoms with Gasteiger partial charge in [0, 0.05) is 6.54 Å². The Morgan fingerprint density at radius 2 is 2.13 bits per heavy atom. The summed E-state index contributed by atoms with van der Waals surface area (Å²) in [6.45, 7) is 5.94. The van der Waals surface area contributed by atoms with Gasteiger partial charge in [0.05, 0.1) is 0 Å². The Kier molecular flexibility index (Phi) is 3.69. The van der Waals surface area contributed by atoms with E-state index in [1.54, 1.807) is 25.1 Å². The molecule has 1 aromatic rings. The van der Waals surface area contributed by atoms with Crippen LogP contribution in [0.3, 0.4) is 0 Å². The molecule has 0 radical (unpaired) electrons. The lowest BCUT2D eigenvalue weighted by molar-refractivity contribution is 0.0881. The highest BCUT2D eigenvalue weighted by atomic mass is 19.1. The molecule has 0 aliphatic carbocycles. The number of halogens is 1. The van der Waals surface area contributed by atoms with E-state index in [1.165, 1.54) is 0 Å². The third-order valence-corrected chi connectivity index (χ3v) is 2.69. The second-order valence-corrected chi connectivity index (χ2v) is 4.00. The van der Waals surface area contributed by atoms with Crippen LogP contribution in [0.4, 0.5) is 4.39 Å². The Morgan fingerprint density at radius 3 is 2.67 bits per heavy atom. The summed E-state index contributed by atoms with van der Waals surface area (Å²) < 4.78 is 19.3. The molecule has 0 aliphatic rings. The third kappa shape index (κ3) is 2.69. The number of hydrogen-bond donors (Lipinski definition) is 1. The maximum atomic E-state index is 13.6. The molecule has 1 unspecified atom stereocenters. The zero-order valence-corrected chi connectivity index (χ0v) is 9.51. The summed E-state index contributed by atoms with van der Waals surface area (Å²) in [4.78, 5) is 0. The number of nitrogens with two attached hydrogens (primary N) is 1. The molecule has 0 bridgehead atoms. The number of aryl methyl sites for hydroxylation is 1. The first-order chi connectivity index (χ1) is 7.02. The van der Waals surface area contributed by atoms with Gasteiger partial charge in [0.15, 0.2) is 11.6 Å². The molecule has 0 saturated heterocycles. The Labute approximate surface area is 90.2 Å². The second kappa shape index (κ2) is 4.62. The Bertz CT molecular complexity index is 334. The summed E-state index contributed by atoms with van der Waals surface area (Å²) in [6.07, 6.45) is 0.747. The number of benzene rings is 1. The van der Waals surface area contributed by atoms with Gasteiger partial charge >= 0.3 is 0 Å². The third-order valence-electron chi connectivity index (χ3n) is 2.69. The van der Waals surface area contributed by atoms with E-state index >= 15 is 0 Å². The summed E-state index contributed by atoms with van der Waals surface area (Å²) in [5.41, 5.74) is 5.70. The first kappa shape index (κ1) is 12.0. The van der Waals surface area contributed by atoms with Gasteiger partial charge in [-0.2, -0.15) is 0 Å². The zero-order chi connectivity index (χ0) is 11.5. The molecule has 15 heavy (non-hydrogen) atoms. The molecule has 0 heterocycles. The average molecular weight is 211 g/mol. The number of rotatable bonds is 4. The zero-order valence-electron chi connectivity index (χ0n) is 9.51. The SMILES string of the molecule is CCC(C)(CN)Oc1cccc(C)c1F. The fourth-order valence-electron chi connectivity index (χ4n) is 1.22. The molecule has 0 saturated carbocycles. The summed E-state index contributed by atoms with van der Waals surface area (Å²) >= 11 is 0. The fraction of sp³-hybridized carbons (Fsp3) is 0.500. The van der Waals surface area contributed by atoms with Gasteiger partial charge in [-0.1, -0.05) is 19.1 Å². The van der Waals surface area contributed by atoms with E-state index in [2.05, 4.69) is 0 Å². The van der Waals surface area contributed by atoms with Gasteiger partial charge in [0.2, 0.25) is 0 Å². The van der Waals surface area contributed by atoms with Crippen LogP contribution in [0.15, 0.2) is 18.2 Å². The van der Waals surface area contributed by atoms with Crippen molar-refractivity contribution >= 4 is 0 Å². The molecule has 84 valence electrons. The largest absolute Gasteiger partial charge is 0.483 e. The van der Waals surface area contributed by atoms with Crippen LogP contribution in [-0.4, -0.2) is 12.1 Å². The van der Waals surface area contributed by atoms with E-state index in [4.69, 9.17) is 10.5 Å². The molecule has 3 heteroatoms. The van der Waals surface area contributed by atoms with Crippen molar-refractivity contribution in [1.29, 1.82) is 0 Å². The van der Waals surface area contributed by atoms with Gasteiger partial charge in [-0.05, 0) is 31.9 Å².